The third-order valence-corrected chi connectivity index (χ3v) is 6.04. The third kappa shape index (κ3) is 4.60. The molecule has 0 unspecified atom stereocenters. The minimum absolute atomic E-state index is 0.0694. The van der Waals surface area contributed by atoms with Crippen LogP contribution in [0.5, 0.6) is 0 Å². The maximum Gasteiger partial charge on any atom is 0.263 e. The van der Waals surface area contributed by atoms with Crippen molar-refractivity contribution in [3.05, 3.63) is 29.8 Å². The molecular formula is C21H31F2N3O. The summed E-state index contributed by atoms with van der Waals surface area (Å²) >= 11 is 0. The Hall–Kier alpha value is -1.69. The van der Waals surface area contributed by atoms with Gasteiger partial charge in [0.15, 0.2) is 0 Å². The van der Waals surface area contributed by atoms with Crippen LogP contribution in [-0.4, -0.2) is 38.1 Å². The number of benzene rings is 1. The van der Waals surface area contributed by atoms with Crippen LogP contribution < -0.4 is 15.5 Å². The molecule has 27 heavy (non-hydrogen) atoms. The second-order valence-corrected chi connectivity index (χ2v) is 8.39. The van der Waals surface area contributed by atoms with E-state index >= 15 is 0 Å². The minimum atomic E-state index is -2.45. The molecule has 0 aromatic heterocycles. The molecule has 1 aromatic rings. The second kappa shape index (κ2) is 8.55. The Labute approximate surface area is 160 Å². The number of carbonyl (C=O) groups is 1. The van der Waals surface area contributed by atoms with E-state index in [2.05, 4.69) is 29.4 Å². The van der Waals surface area contributed by atoms with E-state index in [0.29, 0.717) is 17.8 Å². The van der Waals surface area contributed by atoms with E-state index < -0.39 is 6.43 Å². The number of nitrogens with one attached hydrogen (secondary N) is 2. The average molecular weight is 379 g/mol. The largest absolute Gasteiger partial charge is 0.371 e. The van der Waals surface area contributed by atoms with Crippen LogP contribution in [0.25, 0.3) is 0 Å². The molecular weight excluding hydrogens is 348 g/mol. The predicted molar refractivity (Wildman–Crippen MR) is 104 cm³/mol. The number of amides is 1. The van der Waals surface area contributed by atoms with Crippen LogP contribution in [0.3, 0.4) is 0 Å². The molecule has 1 aliphatic heterocycles. The third-order valence-electron chi connectivity index (χ3n) is 6.04. The first-order chi connectivity index (χ1) is 12.9. The molecule has 0 spiro atoms. The minimum Gasteiger partial charge on any atom is -0.371 e. The fourth-order valence-corrected chi connectivity index (χ4v) is 4.62. The van der Waals surface area contributed by atoms with Crippen molar-refractivity contribution < 1.29 is 13.6 Å². The monoisotopic (exact) mass is 379 g/mol. The SMILES string of the molecule is CN[C@@H](CC(C)C)C(=O)N[C@H]1CC[C@@H]2CN(c3cccc(C(F)F)c3)C[C@@H]21. The Morgan fingerprint density at radius 3 is 2.70 bits per heavy atom. The van der Waals surface area contributed by atoms with Crippen LogP contribution in [-0.2, 0) is 4.79 Å². The smallest absolute Gasteiger partial charge is 0.263 e. The molecule has 2 fully saturated rings. The van der Waals surface area contributed by atoms with Crippen molar-refractivity contribution in [1.29, 1.82) is 0 Å². The first kappa shape index (κ1) is 20.1. The van der Waals surface area contributed by atoms with Crippen molar-refractivity contribution in [3.63, 3.8) is 0 Å². The Bertz CT molecular complexity index is 652. The lowest BCUT2D eigenvalue weighted by molar-refractivity contribution is -0.124. The van der Waals surface area contributed by atoms with Gasteiger partial charge < -0.3 is 15.5 Å². The number of alkyl halides is 2. The normalized spacial score (nSPS) is 25.9. The fourth-order valence-electron chi connectivity index (χ4n) is 4.62. The van der Waals surface area contributed by atoms with Gasteiger partial charge in [-0.3, -0.25) is 4.79 Å². The number of halogens is 2. The van der Waals surface area contributed by atoms with Gasteiger partial charge in [-0.1, -0.05) is 26.0 Å². The van der Waals surface area contributed by atoms with Crippen LogP contribution in [0.1, 0.15) is 45.1 Å². The van der Waals surface area contributed by atoms with Gasteiger partial charge in [0.1, 0.15) is 0 Å². The van der Waals surface area contributed by atoms with E-state index in [1.807, 2.05) is 13.1 Å². The Morgan fingerprint density at radius 2 is 2.04 bits per heavy atom. The molecule has 0 radical (unpaired) electrons. The Morgan fingerprint density at radius 1 is 1.26 bits per heavy atom. The zero-order valence-electron chi connectivity index (χ0n) is 16.4. The highest BCUT2D eigenvalue weighted by Gasteiger charge is 2.43. The van der Waals surface area contributed by atoms with Crippen molar-refractivity contribution in [3.8, 4) is 0 Å². The zero-order valence-corrected chi connectivity index (χ0v) is 16.4. The number of likely N-dealkylation sites (N-methyl/N-ethyl adjacent to an activating group) is 1. The molecule has 150 valence electrons. The summed E-state index contributed by atoms with van der Waals surface area (Å²) in [5.74, 6) is 1.44. The lowest BCUT2D eigenvalue weighted by Gasteiger charge is -2.26. The average Bonchev–Trinajstić information content (AvgIpc) is 3.21. The molecule has 1 aliphatic carbocycles. The van der Waals surface area contributed by atoms with Gasteiger partial charge in [0, 0.05) is 36.3 Å². The Balaban J connectivity index is 1.63. The molecule has 0 bridgehead atoms. The van der Waals surface area contributed by atoms with Crippen molar-refractivity contribution in [2.75, 3.05) is 25.0 Å². The first-order valence-electron chi connectivity index (χ1n) is 9.99. The van der Waals surface area contributed by atoms with Crippen molar-refractivity contribution in [2.24, 2.45) is 17.8 Å². The molecule has 4 nitrogen and oxygen atoms in total. The summed E-state index contributed by atoms with van der Waals surface area (Å²) in [6.45, 7) is 5.93. The summed E-state index contributed by atoms with van der Waals surface area (Å²) in [5.41, 5.74) is 0.931. The molecule has 1 amide bonds. The van der Waals surface area contributed by atoms with Gasteiger partial charge in [-0.25, -0.2) is 8.78 Å². The van der Waals surface area contributed by atoms with Gasteiger partial charge in [-0.2, -0.15) is 0 Å². The van der Waals surface area contributed by atoms with Gasteiger partial charge in [0.05, 0.1) is 6.04 Å². The van der Waals surface area contributed by atoms with Crippen LogP contribution >= 0.6 is 0 Å². The van der Waals surface area contributed by atoms with E-state index in [0.717, 1.165) is 38.0 Å². The van der Waals surface area contributed by atoms with Gasteiger partial charge in [0.25, 0.3) is 6.43 Å². The standard InChI is InChI=1S/C21H31F2N3O/c1-13(2)9-19(24-3)21(27)25-18-8-7-15-11-26(12-17(15)18)16-6-4-5-14(10-16)20(22)23/h4-6,10,13,15,17-20,24H,7-9,11-12H2,1-3H3,(H,25,27)/t15-,17+,18+,19+/m1/s1. The van der Waals surface area contributed by atoms with Crippen LogP contribution in [0.2, 0.25) is 0 Å². The Kier molecular flexibility index (Phi) is 6.35. The van der Waals surface area contributed by atoms with Crippen molar-refractivity contribution in [1.82, 2.24) is 10.6 Å². The summed E-state index contributed by atoms with van der Waals surface area (Å²) in [6.07, 6.45) is 0.452. The maximum absolute atomic E-state index is 13.0. The number of nitrogens with zero attached hydrogens (tertiary/aromatic N) is 1. The highest BCUT2D eigenvalue weighted by atomic mass is 19.3. The summed E-state index contributed by atoms with van der Waals surface area (Å²) in [7, 11) is 1.83. The quantitative estimate of drug-likeness (QED) is 0.761. The van der Waals surface area contributed by atoms with Gasteiger partial charge in [-0.05, 0) is 50.3 Å². The van der Waals surface area contributed by atoms with E-state index in [-0.39, 0.29) is 23.6 Å². The first-order valence-corrected chi connectivity index (χ1v) is 9.99. The number of fused-ring (bicyclic) bond motifs is 1. The maximum atomic E-state index is 13.0. The van der Waals surface area contributed by atoms with E-state index in [9.17, 15) is 13.6 Å². The lowest BCUT2D eigenvalue weighted by Crippen LogP contribution is -2.49. The predicted octanol–water partition coefficient (Wildman–Crippen LogP) is 3.59. The van der Waals surface area contributed by atoms with E-state index in [1.165, 1.54) is 6.07 Å². The molecule has 2 aliphatic rings. The number of anilines is 1. The highest BCUT2D eigenvalue weighted by Crippen LogP contribution is 2.40. The lowest BCUT2D eigenvalue weighted by atomic mass is 9.97. The molecule has 2 N–H and O–H groups in total. The van der Waals surface area contributed by atoms with Gasteiger partial charge in [-0.15, -0.1) is 0 Å². The molecule has 4 atom stereocenters. The molecule has 1 saturated heterocycles. The van der Waals surface area contributed by atoms with E-state index in [1.54, 1.807) is 12.1 Å². The van der Waals surface area contributed by atoms with Crippen LogP contribution in [0.15, 0.2) is 24.3 Å². The van der Waals surface area contributed by atoms with Crippen LogP contribution in [0, 0.1) is 17.8 Å². The van der Waals surface area contributed by atoms with Crippen molar-refractivity contribution in [2.45, 2.75) is 51.6 Å². The molecule has 1 saturated carbocycles. The summed E-state index contributed by atoms with van der Waals surface area (Å²) in [4.78, 5) is 14.9. The summed E-state index contributed by atoms with van der Waals surface area (Å²) in [5, 5.41) is 6.38. The highest BCUT2D eigenvalue weighted by molar-refractivity contribution is 5.82. The van der Waals surface area contributed by atoms with Crippen LogP contribution in [0.4, 0.5) is 14.5 Å². The topological polar surface area (TPSA) is 44.4 Å². The molecule has 1 aromatic carbocycles. The summed E-state index contributed by atoms with van der Waals surface area (Å²) < 4.78 is 26.0. The number of carbonyl (C=O) groups excluding carboxylic acids is 1. The molecule has 1 heterocycles. The fraction of sp³-hybridized carbons (Fsp3) is 0.667. The molecule has 3 rings (SSSR count). The number of hydrogen-bond acceptors (Lipinski definition) is 3. The number of rotatable bonds is 7. The molecule has 6 heteroatoms. The van der Waals surface area contributed by atoms with Gasteiger partial charge in [0.2, 0.25) is 5.91 Å². The van der Waals surface area contributed by atoms with Crippen molar-refractivity contribution >= 4 is 11.6 Å². The second-order valence-electron chi connectivity index (χ2n) is 8.39. The van der Waals surface area contributed by atoms with Gasteiger partial charge >= 0.3 is 0 Å². The summed E-state index contributed by atoms with van der Waals surface area (Å²) in [6, 6.07) is 6.69. The zero-order chi connectivity index (χ0) is 19.6. The van der Waals surface area contributed by atoms with E-state index in [4.69, 9.17) is 0 Å². The number of hydrogen-bond donors (Lipinski definition) is 2.